The molecule has 0 aromatic heterocycles. The van der Waals surface area contributed by atoms with Crippen molar-refractivity contribution in [2.24, 2.45) is 11.8 Å². The van der Waals surface area contributed by atoms with Gasteiger partial charge in [0.15, 0.2) is 0 Å². The summed E-state index contributed by atoms with van der Waals surface area (Å²) in [7, 11) is 0. The Labute approximate surface area is 117 Å². The van der Waals surface area contributed by atoms with Crippen LogP contribution in [0.2, 0.25) is 0 Å². The molecule has 0 spiro atoms. The molecule has 3 aliphatic rings. The van der Waals surface area contributed by atoms with E-state index < -0.39 is 0 Å². The van der Waals surface area contributed by atoms with Gasteiger partial charge in [-0.15, -0.1) is 0 Å². The summed E-state index contributed by atoms with van der Waals surface area (Å²) in [6.07, 6.45) is 8.00. The maximum Gasteiger partial charge on any atom is 0.0611 e. The van der Waals surface area contributed by atoms with Crippen molar-refractivity contribution in [2.75, 3.05) is 19.7 Å². The number of hydrogen-bond donors (Lipinski definition) is 2. The Morgan fingerprint density at radius 1 is 1.21 bits per heavy atom. The van der Waals surface area contributed by atoms with Gasteiger partial charge >= 0.3 is 0 Å². The van der Waals surface area contributed by atoms with Crippen LogP contribution in [0.4, 0.5) is 0 Å². The Morgan fingerprint density at radius 2 is 1.84 bits per heavy atom. The predicted molar refractivity (Wildman–Crippen MR) is 78.1 cm³/mol. The summed E-state index contributed by atoms with van der Waals surface area (Å²) in [4.78, 5) is 2.68. The van der Waals surface area contributed by atoms with Gasteiger partial charge < -0.3 is 15.3 Å². The van der Waals surface area contributed by atoms with Gasteiger partial charge in [-0.3, -0.25) is 0 Å². The molecule has 0 aromatic carbocycles. The molecule has 2 N–H and O–H groups in total. The van der Waals surface area contributed by atoms with Crippen molar-refractivity contribution in [3.05, 3.63) is 0 Å². The van der Waals surface area contributed by atoms with E-state index in [0.717, 1.165) is 18.3 Å². The van der Waals surface area contributed by atoms with Crippen LogP contribution in [0.1, 0.15) is 52.4 Å². The molecule has 0 radical (unpaired) electrons. The number of nitrogens with zero attached hydrogens (tertiary/aromatic N) is 1. The fourth-order valence-corrected chi connectivity index (χ4v) is 4.30. The van der Waals surface area contributed by atoms with Crippen LogP contribution in [0, 0.1) is 11.8 Å². The number of likely N-dealkylation sites (tertiary alicyclic amines) is 1. The first kappa shape index (κ1) is 13.8. The van der Waals surface area contributed by atoms with Gasteiger partial charge in [-0.1, -0.05) is 6.42 Å². The van der Waals surface area contributed by atoms with Crippen molar-refractivity contribution in [1.82, 2.24) is 10.2 Å². The third kappa shape index (κ3) is 3.14. The van der Waals surface area contributed by atoms with Crippen molar-refractivity contribution in [3.8, 4) is 0 Å². The number of nitrogens with one attached hydrogen (secondary N) is 1. The van der Waals surface area contributed by atoms with Crippen LogP contribution >= 0.6 is 0 Å². The molecule has 3 heteroatoms. The molecule has 2 saturated carbocycles. The molecule has 0 aromatic rings. The molecule has 2 aliphatic carbocycles. The Kier molecular flexibility index (Phi) is 3.89. The zero-order valence-corrected chi connectivity index (χ0v) is 12.6. The largest absolute Gasteiger partial charge is 0.394 e. The SMILES string of the molecule is CC(CC(C)(CO)NC1CC1)N1CC2CCCC2C1. The Hall–Kier alpha value is -0.120. The van der Waals surface area contributed by atoms with Gasteiger partial charge in [0.1, 0.15) is 0 Å². The van der Waals surface area contributed by atoms with Gasteiger partial charge in [-0.25, -0.2) is 0 Å². The van der Waals surface area contributed by atoms with Crippen LogP contribution in [-0.2, 0) is 0 Å². The van der Waals surface area contributed by atoms with E-state index in [-0.39, 0.29) is 12.1 Å². The highest BCUT2D eigenvalue weighted by molar-refractivity contribution is 4.97. The lowest BCUT2D eigenvalue weighted by Crippen LogP contribution is -2.51. The normalized spacial score (nSPS) is 36.2. The topological polar surface area (TPSA) is 35.5 Å². The predicted octanol–water partition coefficient (Wildman–Crippen LogP) is 2.00. The smallest absolute Gasteiger partial charge is 0.0611 e. The van der Waals surface area contributed by atoms with E-state index >= 15 is 0 Å². The van der Waals surface area contributed by atoms with Gasteiger partial charge in [0, 0.05) is 30.7 Å². The summed E-state index contributed by atoms with van der Waals surface area (Å²) in [5, 5.41) is 13.4. The molecule has 4 unspecified atom stereocenters. The van der Waals surface area contributed by atoms with Gasteiger partial charge in [0.2, 0.25) is 0 Å². The maximum atomic E-state index is 9.73. The maximum absolute atomic E-state index is 9.73. The van der Waals surface area contributed by atoms with Crippen LogP contribution < -0.4 is 5.32 Å². The van der Waals surface area contributed by atoms with E-state index in [2.05, 4.69) is 24.1 Å². The number of aliphatic hydroxyl groups excluding tert-OH is 1. The molecule has 110 valence electrons. The average molecular weight is 266 g/mol. The lowest BCUT2D eigenvalue weighted by molar-refractivity contribution is 0.120. The Bertz CT molecular complexity index is 306. The summed E-state index contributed by atoms with van der Waals surface area (Å²) in [5.41, 5.74) is -0.0850. The Morgan fingerprint density at radius 3 is 2.37 bits per heavy atom. The molecule has 0 bridgehead atoms. The monoisotopic (exact) mass is 266 g/mol. The zero-order chi connectivity index (χ0) is 13.5. The van der Waals surface area contributed by atoms with Crippen molar-refractivity contribution in [1.29, 1.82) is 0 Å². The molecule has 1 heterocycles. The first-order chi connectivity index (χ1) is 9.09. The van der Waals surface area contributed by atoms with E-state index in [9.17, 15) is 5.11 Å². The standard InChI is InChI=1S/C16H30N2O/c1-12(8-16(2,11-19)17-15-6-7-15)18-9-13-4-3-5-14(13)10-18/h12-15,17,19H,3-11H2,1-2H3. The van der Waals surface area contributed by atoms with Gasteiger partial charge in [0.25, 0.3) is 0 Å². The lowest BCUT2D eigenvalue weighted by Gasteiger charge is -2.35. The molecule has 19 heavy (non-hydrogen) atoms. The second-order valence-corrected chi connectivity index (χ2v) is 7.60. The fraction of sp³-hybridized carbons (Fsp3) is 1.00. The molecule has 3 rings (SSSR count). The van der Waals surface area contributed by atoms with E-state index in [0.29, 0.717) is 12.1 Å². The third-order valence-electron chi connectivity index (χ3n) is 5.60. The number of aliphatic hydroxyl groups is 1. The quantitative estimate of drug-likeness (QED) is 0.772. The highest BCUT2D eigenvalue weighted by Gasteiger charge is 2.40. The summed E-state index contributed by atoms with van der Waals surface area (Å²) in [6, 6.07) is 1.26. The summed E-state index contributed by atoms with van der Waals surface area (Å²) in [5.74, 6) is 1.94. The molecule has 4 atom stereocenters. The summed E-state index contributed by atoms with van der Waals surface area (Å²) in [6.45, 7) is 7.41. The van der Waals surface area contributed by atoms with E-state index in [1.54, 1.807) is 0 Å². The summed E-state index contributed by atoms with van der Waals surface area (Å²) >= 11 is 0. The Balaban J connectivity index is 1.53. The second kappa shape index (κ2) is 5.34. The van der Waals surface area contributed by atoms with Gasteiger partial charge in [0.05, 0.1) is 6.61 Å². The molecule has 3 nitrogen and oxygen atoms in total. The summed E-state index contributed by atoms with van der Waals surface area (Å²) < 4.78 is 0. The highest BCUT2D eigenvalue weighted by atomic mass is 16.3. The van der Waals surface area contributed by atoms with Crippen LogP contribution in [0.5, 0.6) is 0 Å². The third-order valence-corrected chi connectivity index (χ3v) is 5.60. The van der Waals surface area contributed by atoms with Crippen LogP contribution in [0.25, 0.3) is 0 Å². The van der Waals surface area contributed by atoms with Gasteiger partial charge in [-0.05, 0) is 57.8 Å². The van der Waals surface area contributed by atoms with Crippen LogP contribution in [0.15, 0.2) is 0 Å². The van der Waals surface area contributed by atoms with Crippen LogP contribution in [-0.4, -0.2) is 47.3 Å². The minimum atomic E-state index is -0.0850. The molecule has 1 aliphatic heterocycles. The second-order valence-electron chi connectivity index (χ2n) is 7.60. The lowest BCUT2D eigenvalue weighted by atomic mass is 9.93. The first-order valence-corrected chi connectivity index (χ1v) is 8.22. The number of rotatable bonds is 6. The van der Waals surface area contributed by atoms with Crippen molar-refractivity contribution < 1.29 is 5.11 Å². The molecular formula is C16H30N2O. The molecule has 1 saturated heterocycles. The minimum absolute atomic E-state index is 0.0850. The van der Waals surface area contributed by atoms with Crippen molar-refractivity contribution in [3.63, 3.8) is 0 Å². The van der Waals surface area contributed by atoms with Crippen molar-refractivity contribution >= 4 is 0 Å². The zero-order valence-electron chi connectivity index (χ0n) is 12.6. The first-order valence-electron chi connectivity index (χ1n) is 8.22. The minimum Gasteiger partial charge on any atom is -0.394 e. The van der Waals surface area contributed by atoms with E-state index in [1.807, 2.05) is 0 Å². The van der Waals surface area contributed by atoms with Crippen molar-refractivity contribution in [2.45, 2.75) is 70.0 Å². The highest BCUT2D eigenvalue weighted by Crippen LogP contribution is 2.39. The number of hydrogen-bond acceptors (Lipinski definition) is 3. The van der Waals surface area contributed by atoms with E-state index in [1.165, 1.54) is 45.2 Å². The van der Waals surface area contributed by atoms with Crippen LogP contribution in [0.3, 0.4) is 0 Å². The number of fused-ring (bicyclic) bond motifs is 1. The average Bonchev–Trinajstić information content (AvgIpc) is 2.90. The molecule has 0 amide bonds. The van der Waals surface area contributed by atoms with Gasteiger partial charge in [-0.2, -0.15) is 0 Å². The molecular weight excluding hydrogens is 236 g/mol. The van der Waals surface area contributed by atoms with E-state index in [4.69, 9.17) is 0 Å². The fourth-order valence-electron chi connectivity index (χ4n) is 4.30. The molecule has 3 fully saturated rings.